The van der Waals surface area contributed by atoms with Gasteiger partial charge in [-0.15, -0.1) is 0 Å². The van der Waals surface area contributed by atoms with Crippen LogP contribution in [0.5, 0.6) is 0 Å². The predicted molar refractivity (Wildman–Crippen MR) is 276 cm³/mol. The van der Waals surface area contributed by atoms with Crippen molar-refractivity contribution < 1.29 is 37.7 Å². The number of methoxy groups -OCH3 is 1. The number of aliphatic hydroxyl groups excluding tert-OH is 2. The molecule has 1 amide bonds. The van der Waals surface area contributed by atoms with Crippen LogP contribution in [0, 0.1) is 35.2 Å². The van der Waals surface area contributed by atoms with Crippen molar-refractivity contribution in [1.82, 2.24) is 30.2 Å². The van der Waals surface area contributed by atoms with Crippen LogP contribution in [-0.2, 0) is 14.3 Å². The third kappa shape index (κ3) is 46.3. The molecule has 68 heavy (non-hydrogen) atoms. The number of hydrogen-bond donors (Lipinski definition) is 4. The second-order valence-corrected chi connectivity index (χ2v) is 19.4. The number of likely N-dealkylation sites (N-methyl/N-ethyl adjacent to an activating group) is 1. The van der Waals surface area contributed by atoms with E-state index < -0.39 is 18.7 Å². The van der Waals surface area contributed by atoms with Crippen molar-refractivity contribution in [2.75, 3.05) is 133 Å². The number of ether oxygens (including phenoxy) is 2. The van der Waals surface area contributed by atoms with Crippen molar-refractivity contribution in [3.05, 3.63) is 11.4 Å². The Morgan fingerprint density at radius 3 is 1.60 bits per heavy atom. The largest absolute Gasteiger partial charge is 0.396 e. The minimum absolute atomic E-state index is 0.0394. The topological polar surface area (TPSA) is 141 Å². The van der Waals surface area contributed by atoms with E-state index in [-0.39, 0.29) is 23.3 Å². The summed E-state index contributed by atoms with van der Waals surface area (Å²) in [5.41, 5.74) is 0.194. The fraction of sp³-hybridized carbons (Fsp3) is 0.942. The van der Waals surface area contributed by atoms with Crippen LogP contribution >= 0.6 is 0 Å². The summed E-state index contributed by atoms with van der Waals surface area (Å²) < 4.78 is 44.2. The van der Waals surface area contributed by atoms with Gasteiger partial charge in [-0.25, -0.2) is 6.57 Å². The first-order valence-electron chi connectivity index (χ1n) is 26.2. The normalized spacial score (nSPS) is 20.5. The first-order valence-corrected chi connectivity index (χ1v) is 26.2. The summed E-state index contributed by atoms with van der Waals surface area (Å²) in [5.74, 6) is 1.96. The van der Waals surface area contributed by atoms with Gasteiger partial charge in [0.05, 0.1) is 43.8 Å². The van der Waals surface area contributed by atoms with Gasteiger partial charge >= 0.3 is 6.18 Å². The highest BCUT2D eigenvalue weighted by Crippen LogP contribution is 2.42. The maximum atomic E-state index is 11.3. The number of nitrogens with one attached hydrogen (secondary N) is 2. The van der Waals surface area contributed by atoms with Crippen molar-refractivity contribution in [3.8, 4) is 6.07 Å². The molecule has 4 aliphatic heterocycles. The number of nitrogens with zero attached hydrogens (tertiary/aromatic N) is 6. The molecule has 4 heterocycles. The van der Waals surface area contributed by atoms with Crippen LogP contribution in [0.15, 0.2) is 0 Å². The summed E-state index contributed by atoms with van der Waals surface area (Å²) in [5, 5.41) is 30.6. The number of morpholine rings is 1. The highest BCUT2D eigenvalue weighted by molar-refractivity contribution is 5.72. The molecule has 6 rings (SSSR count). The molecule has 1 unspecified atom stereocenters. The van der Waals surface area contributed by atoms with Crippen molar-refractivity contribution in [2.45, 2.75) is 170 Å². The molecular formula is C52H105F3N8O5. The number of rotatable bonds is 10. The van der Waals surface area contributed by atoms with E-state index in [1.165, 1.54) is 98.2 Å². The molecule has 0 aromatic heterocycles. The average Bonchev–Trinajstić information content (AvgIpc) is 4.12. The highest BCUT2D eigenvalue weighted by Gasteiger charge is 2.48. The molecule has 404 valence electrons. The number of aliphatic hydroxyl groups is 2. The first-order chi connectivity index (χ1) is 32.2. The number of alkyl halides is 3. The second kappa shape index (κ2) is 44.8. The number of carbonyl (C=O) groups excluding carboxylic acids is 1. The maximum absolute atomic E-state index is 11.3. The van der Waals surface area contributed by atoms with E-state index >= 15 is 0 Å². The van der Waals surface area contributed by atoms with Gasteiger partial charge in [-0.05, 0) is 130 Å². The number of carbonyl (C=O) groups is 1. The predicted octanol–water partition coefficient (Wildman–Crippen LogP) is 8.75. The highest BCUT2D eigenvalue weighted by atomic mass is 19.4. The van der Waals surface area contributed by atoms with Gasteiger partial charge in [-0.3, -0.25) is 9.69 Å². The Bertz CT molecular complexity index is 1170. The van der Waals surface area contributed by atoms with Crippen LogP contribution in [0.3, 0.4) is 0 Å². The minimum Gasteiger partial charge on any atom is -0.396 e. The number of halogens is 3. The number of piperazine rings is 1. The van der Waals surface area contributed by atoms with Crippen molar-refractivity contribution in [2.24, 2.45) is 17.3 Å². The Kier molecular flexibility index (Phi) is 46.2. The van der Waals surface area contributed by atoms with E-state index in [9.17, 15) is 18.0 Å². The molecule has 1 atom stereocenters. The lowest BCUT2D eigenvalue weighted by molar-refractivity contribution is -0.153. The fourth-order valence-electron chi connectivity index (χ4n) is 6.73. The quantitative estimate of drug-likeness (QED) is 0.156. The maximum Gasteiger partial charge on any atom is 0.391 e. The molecule has 0 aromatic carbocycles. The third-order valence-corrected chi connectivity index (χ3v) is 12.5. The molecule has 0 spiro atoms. The summed E-state index contributed by atoms with van der Waals surface area (Å²) in [6.45, 7) is 42.8. The summed E-state index contributed by atoms with van der Waals surface area (Å²) in [7, 11) is 6.12. The molecule has 4 N–H and O–H groups in total. The number of amides is 1. The van der Waals surface area contributed by atoms with Gasteiger partial charge in [0, 0.05) is 92.3 Å². The molecule has 4 saturated heterocycles. The van der Waals surface area contributed by atoms with Gasteiger partial charge in [0.2, 0.25) is 11.4 Å². The van der Waals surface area contributed by atoms with Crippen LogP contribution in [0.25, 0.3) is 4.85 Å². The molecule has 6 aliphatic rings. The Morgan fingerprint density at radius 1 is 0.882 bits per heavy atom. The SMILES string of the molecule is CC1(C#N)CCC1.CC1CCN(C)CC1.CCC(O)CC(F)(F)F.CCCN1CCOCC1.CCCO.CCNC(C)=O.CN1CCNCC1.COCCN1CCC(C)CC1.[C-]#[N+]C1(CC)CC1. The zero-order chi connectivity index (χ0) is 52.3. The molecule has 0 radical (unpaired) electrons. The van der Waals surface area contributed by atoms with Crippen molar-refractivity contribution in [1.29, 1.82) is 5.26 Å². The number of nitriles is 1. The molecule has 0 bridgehead atoms. The summed E-state index contributed by atoms with van der Waals surface area (Å²) >= 11 is 0. The Balaban J connectivity index is -0.000000706. The average molecular weight is 979 g/mol. The van der Waals surface area contributed by atoms with Crippen LogP contribution in [0.1, 0.15) is 152 Å². The summed E-state index contributed by atoms with van der Waals surface area (Å²) in [6, 6.07) is 2.28. The molecular weight excluding hydrogens is 874 g/mol. The van der Waals surface area contributed by atoms with Gasteiger partial charge in [-0.2, -0.15) is 18.4 Å². The van der Waals surface area contributed by atoms with Crippen molar-refractivity contribution >= 4 is 5.91 Å². The standard InChI is InChI=1S/C9H19NO.C7H15NO.C7H15N.2C6H9N.C5H9F3O.C5H12N2.C4H9NO.C3H8O/c1-9-3-5-10(6-4-9)7-8-11-2;1-2-3-8-4-6-9-7-5-8;1-7-3-5-8(2)6-4-7;1-6(5-7)3-2-4-6;1-3-6(7-2)4-5-6;1-2-4(9)3-5(6,7)8;1-7-4-2-6-3-5-7;1-3-5-4(2)6;1-2-3-4/h9H,3-8H2,1-2H3;2-7H2,1H3;7H,3-6H2,1-2H3;2-4H2,1H3;3-5H2,1H3;4,9H,2-3H2,1H3;6H,2-5H2,1H3;3H2,1-2H3,(H,5,6);4H,2-3H2,1H3. The molecule has 6 fully saturated rings. The van der Waals surface area contributed by atoms with E-state index in [1.807, 2.05) is 20.8 Å². The van der Waals surface area contributed by atoms with Gasteiger partial charge in [-0.1, -0.05) is 48.0 Å². The lowest BCUT2D eigenvalue weighted by atomic mass is 9.72. The molecule has 16 heteroatoms. The van der Waals surface area contributed by atoms with E-state index in [0.29, 0.717) is 6.61 Å². The Hall–Kier alpha value is -2.12. The van der Waals surface area contributed by atoms with Gasteiger partial charge < -0.3 is 49.9 Å². The number of hydrogen-bond acceptors (Lipinski definition) is 11. The zero-order valence-electron chi connectivity index (χ0n) is 45.6. The van der Waals surface area contributed by atoms with Gasteiger partial charge in [0.15, 0.2) is 0 Å². The van der Waals surface area contributed by atoms with E-state index in [4.69, 9.17) is 31.5 Å². The summed E-state index contributed by atoms with van der Waals surface area (Å²) in [6.07, 6.45) is 8.09. The zero-order valence-corrected chi connectivity index (χ0v) is 45.6. The third-order valence-electron chi connectivity index (χ3n) is 12.5. The van der Waals surface area contributed by atoms with E-state index in [0.717, 1.165) is 109 Å². The van der Waals surface area contributed by atoms with Crippen LogP contribution in [-0.4, -0.2) is 186 Å². The van der Waals surface area contributed by atoms with Gasteiger partial charge in [0.1, 0.15) is 0 Å². The van der Waals surface area contributed by atoms with Crippen LogP contribution in [0.2, 0.25) is 0 Å². The second-order valence-electron chi connectivity index (χ2n) is 19.4. The van der Waals surface area contributed by atoms with Gasteiger partial charge in [0.25, 0.3) is 0 Å². The molecule has 13 nitrogen and oxygen atoms in total. The van der Waals surface area contributed by atoms with E-state index in [1.54, 1.807) is 7.11 Å². The monoisotopic (exact) mass is 979 g/mol. The summed E-state index contributed by atoms with van der Waals surface area (Å²) in [4.78, 5) is 23.1. The number of piperidine rings is 2. The molecule has 2 saturated carbocycles. The minimum atomic E-state index is -4.23. The lowest BCUT2D eigenvalue weighted by Crippen LogP contribution is -2.40. The van der Waals surface area contributed by atoms with Crippen molar-refractivity contribution in [3.63, 3.8) is 0 Å². The molecule has 2 aliphatic carbocycles. The smallest absolute Gasteiger partial charge is 0.391 e. The molecule has 0 aromatic rings. The Labute approximate surface area is 415 Å². The lowest BCUT2D eigenvalue weighted by Gasteiger charge is -2.30. The first kappa shape index (κ1) is 70.1. The number of likely N-dealkylation sites (tertiary alicyclic amines) is 2. The van der Waals surface area contributed by atoms with Crippen LogP contribution in [0.4, 0.5) is 13.2 Å². The Morgan fingerprint density at radius 2 is 1.37 bits per heavy atom. The van der Waals surface area contributed by atoms with Crippen LogP contribution < -0.4 is 10.6 Å². The van der Waals surface area contributed by atoms with E-state index in [2.05, 4.69) is 82.9 Å². The fourth-order valence-corrected chi connectivity index (χ4v) is 6.73.